The zero-order chi connectivity index (χ0) is 16.1. The summed E-state index contributed by atoms with van der Waals surface area (Å²) in [6.07, 6.45) is 1.95. The van der Waals surface area contributed by atoms with Gasteiger partial charge in [-0.05, 0) is 60.1 Å². The van der Waals surface area contributed by atoms with E-state index in [0.29, 0.717) is 32.5 Å². The molecular formula is C17H12Cl3NO2. The second-order valence-electron chi connectivity index (χ2n) is 5.93. The molecule has 1 N–H and O–H groups in total. The van der Waals surface area contributed by atoms with Crippen molar-refractivity contribution in [2.24, 2.45) is 5.92 Å². The van der Waals surface area contributed by atoms with E-state index >= 15 is 0 Å². The van der Waals surface area contributed by atoms with Crippen LogP contribution in [0.3, 0.4) is 0 Å². The van der Waals surface area contributed by atoms with Crippen LogP contribution in [0.5, 0.6) is 0 Å². The zero-order valence-corrected chi connectivity index (χ0v) is 14.2. The number of aromatic amines is 1. The Hall–Kier alpha value is -1.42. The van der Waals surface area contributed by atoms with Gasteiger partial charge in [0.2, 0.25) is 0 Å². The number of aromatic nitrogens is 1. The zero-order valence-electron chi connectivity index (χ0n) is 11.9. The second-order valence-corrected chi connectivity index (χ2v) is 7.19. The van der Waals surface area contributed by atoms with Crippen molar-refractivity contribution < 1.29 is 4.42 Å². The lowest BCUT2D eigenvalue weighted by molar-refractivity contribution is 0.555. The molecule has 2 aromatic carbocycles. The van der Waals surface area contributed by atoms with Gasteiger partial charge in [0.1, 0.15) is 0 Å². The van der Waals surface area contributed by atoms with E-state index in [1.165, 1.54) is 0 Å². The summed E-state index contributed by atoms with van der Waals surface area (Å²) in [5, 5.41) is 1.81. The van der Waals surface area contributed by atoms with Gasteiger partial charge in [-0.2, -0.15) is 0 Å². The maximum Gasteiger partial charge on any atom is 0.417 e. The molecule has 1 heterocycles. The van der Waals surface area contributed by atoms with Crippen molar-refractivity contribution >= 4 is 45.9 Å². The predicted octanol–water partition coefficient (Wildman–Crippen LogP) is 5.43. The molecule has 0 spiro atoms. The van der Waals surface area contributed by atoms with Crippen LogP contribution in [0.2, 0.25) is 15.1 Å². The van der Waals surface area contributed by atoms with Gasteiger partial charge in [-0.25, -0.2) is 4.79 Å². The number of hydrogen-bond acceptors (Lipinski definition) is 2. The first-order chi connectivity index (χ1) is 11.0. The minimum atomic E-state index is -0.429. The quantitative estimate of drug-likeness (QED) is 0.670. The van der Waals surface area contributed by atoms with Crippen LogP contribution >= 0.6 is 34.8 Å². The van der Waals surface area contributed by atoms with Crippen LogP contribution in [-0.4, -0.2) is 4.98 Å². The Morgan fingerprint density at radius 2 is 1.87 bits per heavy atom. The first-order valence-corrected chi connectivity index (χ1v) is 8.41. The molecule has 0 radical (unpaired) electrons. The number of nitrogens with one attached hydrogen (secondary N) is 1. The molecule has 0 aliphatic heterocycles. The third-order valence-electron chi connectivity index (χ3n) is 4.32. The summed E-state index contributed by atoms with van der Waals surface area (Å²) >= 11 is 18.6. The highest BCUT2D eigenvalue weighted by Gasteiger charge is 2.40. The van der Waals surface area contributed by atoms with Crippen molar-refractivity contribution in [2.45, 2.75) is 18.8 Å². The number of fused-ring (bicyclic) bond motifs is 1. The molecule has 2 unspecified atom stereocenters. The maximum absolute atomic E-state index is 11.2. The molecule has 3 nitrogen and oxygen atoms in total. The Bertz CT molecular complexity index is 937. The van der Waals surface area contributed by atoms with Crippen LogP contribution in [0.4, 0.5) is 0 Å². The van der Waals surface area contributed by atoms with Gasteiger partial charge in [-0.3, -0.25) is 4.98 Å². The molecule has 2 atom stereocenters. The van der Waals surface area contributed by atoms with Crippen molar-refractivity contribution in [3.63, 3.8) is 0 Å². The van der Waals surface area contributed by atoms with Crippen LogP contribution in [-0.2, 0) is 6.42 Å². The lowest BCUT2D eigenvalue weighted by Crippen LogP contribution is -1.94. The molecule has 118 valence electrons. The summed E-state index contributed by atoms with van der Waals surface area (Å²) in [7, 11) is 0. The van der Waals surface area contributed by atoms with E-state index in [2.05, 4.69) is 4.98 Å². The smallest absolute Gasteiger partial charge is 0.408 e. The molecule has 1 aromatic heterocycles. The van der Waals surface area contributed by atoms with Gasteiger partial charge in [-0.1, -0.05) is 40.9 Å². The Morgan fingerprint density at radius 1 is 1.13 bits per heavy atom. The Morgan fingerprint density at radius 3 is 2.61 bits per heavy atom. The van der Waals surface area contributed by atoms with Gasteiger partial charge < -0.3 is 4.42 Å². The van der Waals surface area contributed by atoms with E-state index in [1.807, 2.05) is 18.2 Å². The van der Waals surface area contributed by atoms with Crippen LogP contribution in [0.25, 0.3) is 11.1 Å². The van der Waals surface area contributed by atoms with Crippen LogP contribution in [0, 0.1) is 5.92 Å². The van der Waals surface area contributed by atoms with Crippen molar-refractivity contribution in [3.8, 4) is 0 Å². The number of halogens is 3. The molecule has 4 rings (SSSR count). The Labute approximate surface area is 147 Å². The third-order valence-corrected chi connectivity index (χ3v) is 5.16. The third kappa shape index (κ3) is 2.89. The predicted molar refractivity (Wildman–Crippen MR) is 92.9 cm³/mol. The van der Waals surface area contributed by atoms with Gasteiger partial charge in [0, 0.05) is 15.1 Å². The lowest BCUT2D eigenvalue weighted by Gasteiger charge is -2.07. The number of rotatable bonds is 3. The van der Waals surface area contributed by atoms with Gasteiger partial charge in [0.15, 0.2) is 5.58 Å². The van der Waals surface area contributed by atoms with E-state index in [0.717, 1.165) is 29.5 Å². The highest BCUT2D eigenvalue weighted by Crippen LogP contribution is 2.53. The average Bonchev–Trinajstić information content (AvgIpc) is 3.07. The first kappa shape index (κ1) is 15.1. The molecule has 0 bridgehead atoms. The summed E-state index contributed by atoms with van der Waals surface area (Å²) in [6.45, 7) is 0. The van der Waals surface area contributed by atoms with E-state index < -0.39 is 5.76 Å². The fourth-order valence-corrected chi connectivity index (χ4v) is 4.26. The van der Waals surface area contributed by atoms with Crippen LogP contribution in [0.1, 0.15) is 23.5 Å². The molecule has 0 saturated heterocycles. The van der Waals surface area contributed by atoms with E-state index in [4.69, 9.17) is 39.2 Å². The first-order valence-electron chi connectivity index (χ1n) is 7.27. The molecule has 6 heteroatoms. The fourth-order valence-electron chi connectivity index (χ4n) is 3.16. The summed E-state index contributed by atoms with van der Waals surface area (Å²) in [6, 6.07) is 9.24. The molecule has 1 aliphatic rings. The van der Waals surface area contributed by atoms with Gasteiger partial charge in [0.25, 0.3) is 0 Å². The SMILES string of the molecule is O=c1[nH]c2cc(CC3CC3c3c(Cl)cc(Cl)cc3Cl)ccc2o1. The average molecular weight is 369 g/mol. The summed E-state index contributed by atoms with van der Waals surface area (Å²) in [5.41, 5.74) is 3.45. The highest BCUT2D eigenvalue weighted by molar-refractivity contribution is 6.39. The highest BCUT2D eigenvalue weighted by atomic mass is 35.5. The largest absolute Gasteiger partial charge is 0.417 e. The number of hydrogen-bond donors (Lipinski definition) is 1. The van der Waals surface area contributed by atoms with Crippen molar-refractivity contribution in [1.29, 1.82) is 0 Å². The summed E-state index contributed by atoms with van der Waals surface area (Å²) in [4.78, 5) is 13.9. The molecule has 1 saturated carbocycles. The minimum absolute atomic E-state index is 0.353. The van der Waals surface area contributed by atoms with Crippen LogP contribution < -0.4 is 5.76 Å². The van der Waals surface area contributed by atoms with E-state index in [1.54, 1.807) is 12.1 Å². The molecule has 23 heavy (non-hydrogen) atoms. The molecule has 3 aromatic rings. The fraction of sp³-hybridized carbons (Fsp3) is 0.235. The van der Waals surface area contributed by atoms with Crippen LogP contribution in [0.15, 0.2) is 39.5 Å². The summed E-state index contributed by atoms with van der Waals surface area (Å²) < 4.78 is 5.02. The minimum Gasteiger partial charge on any atom is -0.408 e. The standard InChI is InChI=1S/C17H12Cl3NO2/c18-10-6-12(19)16(13(20)7-10)11-5-9(11)3-8-1-2-15-14(4-8)21-17(22)23-15/h1-2,4,6-7,9,11H,3,5H2,(H,21,22). The van der Waals surface area contributed by atoms with Crippen molar-refractivity contribution in [1.82, 2.24) is 4.98 Å². The maximum atomic E-state index is 11.2. The molecule has 1 aliphatic carbocycles. The number of oxazole rings is 1. The monoisotopic (exact) mass is 367 g/mol. The van der Waals surface area contributed by atoms with E-state index in [9.17, 15) is 4.79 Å². The van der Waals surface area contributed by atoms with Gasteiger partial charge in [-0.15, -0.1) is 0 Å². The van der Waals surface area contributed by atoms with Crippen molar-refractivity contribution in [2.75, 3.05) is 0 Å². The Kier molecular flexibility index (Phi) is 3.67. The number of H-pyrrole nitrogens is 1. The van der Waals surface area contributed by atoms with Crippen molar-refractivity contribution in [3.05, 3.63) is 67.1 Å². The summed E-state index contributed by atoms with van der Waals surface area (Å²) in [5.74, 6) is 0.412. The molecule has 1 fully saturated rings. The molecular weight excluding hydrogens is 357 g/mol. The Balaban J connectivity index is 1.56. The van der Waals surface area contributed by atoms with Gasteiger partial charge >= 0.3 is 5.76 Å². The topological polar surface area (TPSA) is 46.0 Å². The second kappa shape index (κ2) is 5.59. The lowest BCUT2D eigenvalue weighted by atomic mass is 10.0. The van der Waals surface area contributed by atoms with E-state index in [-0.39, 0.29) is 0 Å². The van der Waals surface area contributed by atoms with Gasteiger partial charge in [0.05, 0.1) is 5.52 Å². The number of benzene rings is 2. The normalized spacial score (nSPS) is 20.1. The molecule has 0 amide bonds.